The summed E-state index contributed by atoms with van der Waals surface area (Å²) in [6.07, 6.45) is 0. The van der Waals surface area contributed by atoms with Crippen LogP contribution < -0.4 is 0 Å². The SMILES string of the molecule is C=C(S)OC(=C)S. The van der Waals surface area contributed by atoms with Crippen molar-refractivity contribution in [2.45, 2.75) is 0 Å². The fourth-order valence-corrected chi connectivity index (χ4v) is 0.428. The van der Waals surface area contributed by atoms with Gasteiger partial charge in [-0.1, -0.05) is 0 Å². The topological polar surface area (TPSA) is 9.23 Å². The highest BCUT2D eigenvalue weighted by Gasteiger charge is 1.82. The van der Waals surface area contributed by atoms with Crippen LogP contribution in [-0.2, 0) is 4.74 Å². The molecule has 0 radical (unpaired) electrons. The highest BCUT2D eigenvalue weighted by molar-refractivity contribution is 7.85. The maximum atomic E-state index is 4.59. The Bertz CT molecular complexity index is 85.9. The van der Waals surface area contributed by atoms with Crippen LogP contribution in [0.2, 0.25) is 0 Å². The van der Waals surface area contributed by atoms with Crippen molar-refractivity contribution < 1.29 is 4.74 Å². The van der Waals surface area contributed by atoms with E-state index in [2.05, 4.69) is 43.2 Å². The van der Waals surface area contributed by atoms with Gasteiger partial charge >= 0.3 is 0 Å². The predicted molar refractivity (Wildman–Crippen MR) is 37.3 cm³/mol. The number of thiol groups is 2. The van der Waals surface area contributed by atoms with E-state index in [1.165, 1.54) is 0 Å². The molecule has 0 aromatic carbocycles. The van der Waals surface area contributed by atoms with Crippen LogP contribution in [0.25, 0.3) is 0 Å². The molecule has 0 N–H and O–H groups in total. The van der Waals surface area contributed by atoms with Crippen LogP contribution in [0.5, 0.6) is 0 Å². The van der Waals surface area contributed by atoms with Crippen molar-refractivity contribution in [1.82, 2.24) is 0 Å². The summed E-state index contributed by atoms with van der Waals surface area (Å²) in [5, 5.41) is 0.611. The van der Waals surface area contributed by atoms with E-state index in [4.69, 9.17) is 0 Å². The first-order valence-corrected chi connectivity index (χ1v) is 2.46. The fourth-order valence-electron chi connectivity index (χ4n) is 0.136. The molecule has 0 spiro atoms. The standard InChI is InChI=1S/C4H6OS2/c1-3(6)5-4(2)7/h6-7H,1-2H2. The summed E-state index contributed by atoms with van der Waals surface area (Å²) < 4.78 is 4.59. The maximum Gasteiger partial charge on any atom is 0.151 e. The smallest absolute Gasteiger partial charge is 0.151 e. The predicted octanol–water partition coefficient (Wildman–Crippen LogP) is 1.80. The van der Waals surface area contributed by atoms with Crippen molar-refractivity contribution >= 4 is 25.3 Å². The molecule has 0 unspecified atom stereocenters. The van der Waals surface area contributed by atoms with E-state index in [1.54, 1.807) is 0 Å². The Morgan fingerprint density at radius 3 is 1.43 bits per heavy atom. The minimum atomic E-state index is 0.306. The van der Waals surface area contributed by atoms with Gasteiger partial charge in [-0.15, -0.1) is 25.3 Å². The Morgan fingerprint density at radius 1 is 1.14 bits per heavy atom. The second-order valence-electron chi connectivity index (χ2n) is 0.890. The lowest BCUT2D eigenvalue weighted by Gasteiger charge is -1.96. The van der Waals surface area contributed by atoms with Crippen molar-refractivity contribution in [2.24, 2.45) is 0 Å². The average Bonchev–Trinajstić information content (AvgIpc) is 1.27. The summed E-state index contributed by atoms with van der Waals surface area (Å²) in [5.41, 5.74) is 0. The third-order valence-corrected chi connectivity index (χ3v) is 0.418. The van der Waals surface area contributed by atoms with E-state index >= 15 is 0 Å². The molecular weight excluding hydrogens is 128 g/mol. The summed E-state index contributed by atoms with van der Waals surface area (Å²) in [5.74, 6) is 0. The fraction of sp³-hybridized carbons (Fsp3) is 0. The van der Waals surface area contributed by atoms with Crippen molar-refractivity contribution in [3.8, 4) is 0 Å². The molecule has 0 aliphatic heterocycles. The van der Waals surface area contributed by atoms with E-state index in [0.717, 1.165) is 0 Å². The van der Waals surface area contributed by atoms with E-state index in [9.17, 15) is 0 Å². The molecule has 1 nitrogen and oxygen atoms in total. The number of rotatable bonds is 2. The number of hydrogen-bond acceptors (Lipinski definition) is 3. The molecule has 3 heteroatoms. The third-order valence-electron chi connectivity index (χ3n) is 0.236. The molecule has 0 fully saturated rings. The monoisotopic (exact) mass is 134 g/mol. The zero-order chi connectivity index (χ0) is 5.86. The molecular formula is C4H6OS2. The van der Waals surface area contributed by atoms with Crippen LogP contribution in [0.3, 0.4) is 0 Å². The third kappa shape index (κ3) is 5.98. The number of hydrogen-bond donors (Lipinski definition) is 2. The second-order valence-corrected chi connectivity index (χ2v) is 1.89. The van der Waals surface area contributed by atoms with E-state index in [-0.39, 0.29) is 0 Å². The molecule has 0 aromatic heterocycles. The Kier molecular flexibility index (Phi) is 3.04. The number of ether oxygens (including phenoxy) is 1. The molecule has 7 heavy (non-hydrogen) atoms. The quantitative estimate of drug-likeness (QED) is 0.432. The molecule has 40 valence electrons. The van der Waals surface area contributed by atoms with Crippen molar-refractivity contribution in [3.63, 3.8) is 0 Å². The first kappa shape index (κ1) is 6.98. The van der Waals surface area contributed by atoms with Gasteiger partial charge < -0.3 is 4.74 Å². The zero-order valence-corrected chi connectivity index (χ0v) is 5.51. The molecule has 0 amide bonds. The van der Waals surface area contributed by atoms with Gasteiger partial charge in [-0.3, -0.25) is 0 Å². The molecule has 0 bridgehead atoms. The summed E-state index contributed by atoms with van der Waals surface area (Å²) in [7, 11) is 0. The molecule has 0 rings (SSSR count). The summed E-state index contributed by atoms with van der Waals surface area (Å²) in [4.78, 5) is 0. The Balaban J connectivity index is 3.32. The van der Waals surface area contributed by atoms with Gasteiger partial charge in [0.2, 0.25) is 0 Å². The van der Waals surface area contributed by atoms with Crippen LogP contribution in [0.4, 0.5) is 0 Å². The van der Waals surface area contributed by atoms with Gasteiger partial charge in [0.15, 0.2) is 10.2 Å². The first-order valence-electron chi connectivity index (χ1n) is 1.56. The normalized spacial score (nSPS) is 7.71. The Labute approximate surface area is 53.9 Å². The summed E-state index contributed by atoms with van der Waals surface area (Å²) in [6, 6.07) is 0. The van der Waals surface area contributed by atoms with Gasteiger partial charge in [-0.05, 0) is 13.2 Å². The minimum absolute atomic E-state index is 0.306. The lowest BCUT2D eigenvalue weighted by molar-refractivity contribution is 0.380. The minimum Gasteiger partial charge on any atom is -0.445 e. The first-order chi connectivity index (χ1) is 3.13. The van der Waals surface area contributed by atoms with Gasteiger partial charge in [0.1, 0.15) is 0 Å². The zero-order valence-electron chi connectivity index (χ0n) is 3.72. The van der Waals surface area contributed by atoms with Crippen LogP contribution >= 0.6 is 25.3 Å². The highest BCUT2D eigenvalue weighted by atomic mass is 32.1. The molecule has 0 aliphatic carbocycles. The van der Waals surface area contributed by atoms with Gasteiger partial charge in [0.25, 0.3) is 0 Å². The van der Waals surface area contributed by atoms with Crippen molar-refractivity contribution in [3.05, 3.63) is 23.3 Å². The lowest BCUT2D eigenvalue weighted by atomic mass is 11.0. The van der Waals surface area contributed by atoms with E-state index in [1.807, 2.05) is 0 Å². The summed E-state index contributed by atoms with van der Waals surface area (Å²) in [6.45, 7) is 6.66. The molecule has 0 atom stereocenters. The summed E-state index contributed by atoms with van der Waals surface area (Å²) >= 11 is 7.42. The molecule has 0 heterocycles. The molecule has 0 saturated heterocycles. The lowest BCUT2D eigenvalue weighted by Crippen LogP contribution is -1.73. The Morgan fingerprint density at radius 2 is 1.43 bits per heavy atom. The van der Waals surface area contributed by atoms with Crippen LogP contribution in [-0.4, -0.2) is 0 Å². The van der Waals surface area contributed by atoms with Crippen LogP contribution in [0, 0.1) is 0 Å². The van der Waals surface area contributed by atoms with E-state index < -0.39 is 0 Å². The molecule has 0 aromatic rings. The van der Waals surface area contributed by atoms with Gasteiger partial charge in [-0.2, -0.15) is 0 Å². The average molecular weight is 134 g/mol. The largest absolute Gasteiger partial charge is 0.445 e. The maximum absolute atomic E-state index is 4.59. The van der Waals surface area contributed by atoms with Crippen molar-refractivity contribution in [2.75, 3.05) is 0 Å². The Hall–Kier alpha value is -0.0200. The highest BCUT2D eigenvalue weighted by Crippen LogP contribution is 2.07. The van der Waals surface area contributed by atoms with E-state index in [0.29, 0.717) is 10.2 Å². The van der Waals surface area contributed by atoms with Gasteiger partial charge in [0, 0.05) is 0 Å². The second kappa shape index (κ2) is 3.04. The van der Waals surface area contributed by atoms with Crippen LogP contribution in [0.1, 0.15) is 0 Å². The molecule has 0 saturated carbocycles. The van der Waals surface area contributed by atoms with Crippen LogP contribution in [0.15, 0.2) is 23.3 Å². The van der Waals surface area contributed by atoms with Gasteiger partial charge in [0.05, 0.1) is 0 Å². The van der Waals surface area contributed by atoms with Crippen molar-refractivity contribution in [1.29, 1.82) is 0 Å². The van der Waals surface area contributed by atoms with Gasteiger partial charge in [-0.25, -0.2) is 0 Å². The molecule has 0 aliphatic rings.